The zero-order valence-electron chi connectivity index (χ0n) is 17.4. The van der Waals surface area contributed by atoms with Crippen molar-refractivity contribution < 1.29 is 9.53 Å². The standard InChI is InChI=1S/C23H28N4O2/c1-4-5-18-10-21(28)26(13-18)14-20-16(2)11-24-23-22(20)25-15-27(23)12-17-6-8-19(29-3)9-7-17/h6-9,11,15,18H,4-5,10,12-14H2,1-3H3. The molecule has 1 amide bonds. The van der Waals surface area contributed by atoms with E-state index in [0.717, 1.165) is 53.0 Å². The number of likely N-dealkylation sites (tertiary alicyclic amines) is 1. The molecule has 0 radical (unpaired) electrons. The second kappa shape index (κ2) is 8.23. The van der Waals surface area contributed by atoms with Crippen molar-refractivity contribution in [2.75, 3.05) is 13.7 Å². The first kappa shape index (κ1) is 19.4. The fraction of sp³-hybridized carbons (Fsp3) is 0.435. The number of carbonyl (C=O) groups excluding carboxylic acids is 1. The number of aryl methyl sites for hydroxylation is 1. The lowest BCUT2D eigenvalue weighted by atomic mass is 10.0. The summed E-state index contributed by atoms with van der Waals surface area (Å²) in [7, 11) is 1.67. The van der Waals surface area contributed by atoms with Gasteiger partial charge in [0.05, 0.1) is 20.0 Å². The number of imidazole rings is 1. The summed E-state index contributed by atoms with van der Waals surface area (Å²) in [6.45, 7) is 6.39. The minimum absolute atomic E-state index is 0.255. The first-order valence-corrected chi connectivity index (χ1v) is 10.3. The van der Waals surface area contributed by atoms with Gasteiger partial charge in [0, 0.05) is 31.3 Å². The molecule has 152 valence electrons. The number of rotatable bonds is 7. The van der Waals surface area contributed by atoms with E-state index >= 15 is 0 Å². The van der Waals surface area contributed by atoms with Crippen LogP contribution < -0.4 is 4.74 Å². The van der Waals surface area contributed by atoms with Gasteiger partial charge in [0.2, 0.25) is 5.91 Å². The summed E-state index contributed by atoms with van der Waals surface area (Å²) in [5, 5.41) is 0. The Bertz CT molecular complexity index is 1010. The Morgan fingerprint density at radius 3 is 2.69 bits per heavy atom. The average Bonchev–Trinajstić information content (AvgIpc) is 3.28. The molecule has 1 atom stereocenters. The molecule has 6 heteroatoms. The van der Waals surface area contributed by atoms with Gasteiger partial charge in [0.1, 0.15) is 11.3 Å². The summed E-state index contributed by atoms with van der Waals surface area (Å²) >= 11 is 0. The van der Waals surface area contributed by atoms with Crippen molar-refractivity contribution in [3.8, 4) is 5.75 Å². The number of amides is 1. The second-order valence-corrected chi connectivity index (χ2v) is 7.95. The van der Waals surface area contributed by atoms with E-state index in [1.807, 2.05) is 36.5 Å². The van der Waals surface area contributed by atoms with Gasteiger partial charge >= 0.3 is 0 Å². The summed E-state index contributed by atoms with van der Waals surface area (Å²) in [6.07, 6.45) is 6.65. The highest BCUT2D eigenvalue weighted by Crippen LogP contribution is 2.27. The molecular weight excluding hydrogens is 364 g/mol. The molecule has 3 heterocycles. The van der Waals surface area contributed by atoms with Crippen molar-refractivity contribution in [2.45, 2.75) is 46.2 Å². The van der Waals surface area contributed by atoms with Gasteiger partial charge in [-0.15, -0.1) is 0 Å². The summed E-state index contributed by atoms with van der Waals surface area (Å²) < 4.78 is 7.30. The molecule has 0 aliphatic carbocycles. The second-order valence-electron chi connectivity index (χ2n) is 7.95. The number of carbonyl (C=O) groups is 1. The highest BCUT2D eigenvalue weighted by molar-refractivity contribution is 5.80. The number of ether oxygens (including phenoxy) is 1. The molecule has 2 aromatic heterocycles. The largest absolute Gasteiger partial charge is 0.497 e. The normalized spacial score (nSPS) is 16.7. The van der Waals surface area contributed by atoms with Gasteiger partial charge in [-0.3, -0.25) is 4.79 Å². The minimum atomic E-state index is 0.255. The summed E-state index contributed by atoms with van der Waals surface area (Å²) in [6, 6.07) is 8.03. The maximum atomic E-state index is 12.5. The predicted octanol–water partition coefficient (Wildman–Crippen LogP) is 3.95. The molecule has 0 bridgehead atoms. The monoisotopic (exact) mass is 392 g/mol. The third kappa shape index (κ3) is 3.97. The van der Waals surface area contributed by atoms with E-state index in [4.69, 9.17) is 4.74 Å². The van der Waals surface area contributed by atoms with Crippen molar-refractivity contribution in [1.29, 1.82) is 0 Å². The quantitative estimate of drug-likeness (QED) is 0.611. The fourth-order valence-electron chi connectivity index (χ4n) is 4.19. The minimum Gasteiger partial charge on any atom is -0.497 e. The summed E-state index contributed by atoms with van der Waals surface area (Å²) in [5.74, 6) is 1.58. The number of hydrogen-bond donors (Lipinski definition) is 0. The molecule has 1 saturated heterocycles. The fourth-order valence-corrected chi connectivity index (χ4v) is 4.19. The Hall–Kier alpha value is -2.89. The van der Waals surface area contributed by atoms with E-state index in [0.29, 0.717) is 25.4 Å². The molecule has 1 unspecified atom stereocenters. The van der Waals surface area contributed by atoms with Crippen LogP contribution >= 0.6 is 0 Å². The van der Waals surface area contributed by atoms with Crippen LogP contribution in [0.5, 0.6) is 5.75 Å². The first-order valence-electron chi connectivity index (χ1n) is 10.3. The maximum Gasteiger partial charge on any atom is 0.223 e. The zero-order chi connectivity index (χ0) is 20.4. The van der Waals surface area contributed by atoms with Crippen LogP contribution in [0.15, 0.2) is 36.8 Å². The van der Waals surface area contributed by atoms with Gasteiger partial charge in [0.15, 0.2) is 5.65 Å². The van der Waals surface area contributed by atoms with Crippen molar-refractivity contribution in [3.63, 3.8) is 0 Å². The lowest BCUT2D eigenvalue weighted by Gasteiger charge is -2.18. The molecule has 4 rings (SSSR count). The molecular formula is C23H28N4O2. The number of pyridine rings is 1. The van der Waals surface area contributed by atoms with Gasteiger partial charge < -0.3 is 14.2 Å². The van der Waals surface area contributed by atoms with Crippen LogP contribution in [0.3, 0.4) is 0 Å². The van der Waals surface area contributed by atoms with Gasteiger partial charge in [-0.25, -0.2) is 9.97 Å². The molecule has 1 fully saturated rings. The summed E-state index contributed by atoms with van der Waals surface area (Å²) in [4.78, 5) is 23.8. The topological polar surface area (TPSA) is 60.2 Å². The van der Waals surface area contributed by atoms with Crippen LogP contribution in [0, 0.1) is 12.8 Å². The van der Waals surface area contributed by atoms with Crippen molar-refractivity contribution in [2.24, 2.45) is 5.92 Å². The van der Waals surface area contributed by atoms with Crippen molar-refractivity contribution >= 4 is 17.1 Å². The van der Waals surface area contributed by atoms with E-state index < -0.39 is 0 Å². The Balaban J connectivity index is 1.59. The Kier molecular flexibility index (Phi) is 5.51. The molecule has 1 aromatic carbocycles. The van der Waals surface area contributed by atoms with Crippen LogP contribution in [0.25, 0.3) is 11.2 Å². The molecule has 0 saturated carbocycles. The molecule has 6 nitrogen and oxygen atoms in total. The highest BCUT2D eigenvalue weighted by Gasteiger charge is 2.29. The molecule has 0 N–H and O–H groups in total. The maximum absolute atomic E-state index is 12.5. The van der Waals surface area contributed by atoms with E-state index in [1.165, 1.54) is 0 Å². The van der Waals surface area contributed by atoms with Gasteiger partial charge in [-0.05, 0) is 42.5 Å². The molecule has 1 aliphatic heterocycles. The van der Waals surface area contributed by atoms with E-state index in [-0.39, 0.29) is 5.91 Å². The smallest absolute Gasteiger partial charge is 0.223 e. The number of hydrogen-bond acceptors (Lipinski definition) is 4. The van der Waals surface area contributed by atoms with Crippen LogP contribution in [-0.2, 0) is 17.9 Å². The van der Waals surface area contributed by atoms with E-state index in [1.54, 1.807) is 7.11 Å². The molecule has 0 spiro atoms. The number of benzene rings is 1. The zero-order valence-corrected chi connectivity index (χ0v) is 17.4. The third-order valence-electron chi connectivity index (χ3n) is 5.80. The molecule has 29 heavy (non-hydrogen) atoms. The van der Waals surface area contributed by atoms with Gasteiger partial charge in [-0.1, -0.05) is 25.5 Å². The molecule has 1 aliphatic rings. The van der Waals surface area contributed by atoms with E-state index in [2.05, 4.69) is 33.6 Å². The Labute approximate surface area is 171 Å². The first-order chi connectivity index (χ1) is 14.1. The van der Waals surface area contributed by atoms with Crippen LogP contribution in [0.1, 0.15) is 42.9 Å². The van der Waals surface area contributed by atoms with Gasteiger partial charge in [0.25, 0.3) is 0 Å². The number of fused-ring (bicyclic) bond motifs is 1. The molecule has 3 aromatic rings. The van der Waals surface area contributed by atoms with E-state index in [9.17, 15) is 4.79 Å². The predicted molar refractivity (Wildman–Crippen MR) is 113 cm³/mol. The lowest BCUT2D eigenvalue weighted by molar-refractivity contribution is -0.128. The number of methoxy groups -OCH3 is 1. The van der Waals surface area contributed by atoms with Crippen LogP contribution in [0.2, 0.25) is 0 Å². The number of nitrogens with zero attached hydrogens (tertiary/aromatic N) is 4. The number of aromatic nitrogens is 3. The third-order valence-corrected chi connectivity index (χ3v) is 5.80. The van der Waals surface area contributed by atoms with Crippen LogP contribution in [-0.4, -0.2) is 39.0 Å². The summed E-state index contributed by atoms with van der Waals surface area (Å²) in [5.41, 5.74) is 5.10. The van der Waals surface area contributed by atoms with Gasteiger partial charge in [-0.2, -0.15) is 0 Å². The Morgan fingerprint density at radius 2 is 1.97 bits per heavy atom. The lowest BCUT2D eigenvalue weighted by Crippen LogP contribution is -2.25. The van der Waals surface area contributed by atoms with Crippen molar-refractivity contribution in [3.05, 3.63) is 53.5 Å². The van der Waals surface area contributed by atoms with Crippen LogP contribution in [0.4, 0.5) is 0 Å². The Morgan fingerprint density at radius 1 is 1.17 bits per heavy atom. The SMILES string of the molecule is CCCC1CC(=O)N(Cc2c(C)cnc3c2ncn3Cc2ccc(OC)cc2)C1. The van der Waals surface area contributed by atoms with Crippen molar-refractivity contribution in [1.82, 2.24) is 19.4 Å². The highest BCUT2D eigenvalue weighted by atomic mass is 16.5. The average molecular weight is 393 g/mol.